The molecular weight excluding hydrogens is 254 g/mol. The van der Waals surface area contributed by atoms with Crippen LogP contribution in [0.5, 0.6) is 5.75 Å². The number of fused-ring (bicyclic) bond motifs is 1. The maximum atomic E-state index is 11.9. The van der Waals surface area contributed by atoms with Crippen molar-refractivity contribution in [3.05, 3.63) is 28.3 Å². The lowest BCUT2D eigenvalue weighted by molar-refractivity contribution is 0.0241. The molecule has 1 aliphatic rings. The zero-order valence-electron chi connectivity index (χ0n) is 10.7. The maximum Gasteiger partial charge on any atom is 0.410 e. The van der Waals surface area contributed by atoms with Crippen molar-refractivity contribution >= 4 is 17.7 Å². The summed E-state index contributed by atoms with van der Waals surface area (Å²) in [6, 6.07) is 3.17. The Bertz CT molecular complexity index is 463. The van der Waals surface area contributed by atoms with Crippen LogP contribution in [0.3, 0.4) is 0 Å². The highest BCUT2D eigenvalue weighted by Gasteiger charge is 2.30. The van der Waals surface area contributed by atoms with E-state index in [0.29, 0.717) is 23.7 Å². The molecule has 0 fully saturated rings. The third kappa shape index (κ3) is 2.53. The first-order chi connectivity index (χ1) is 8.28. The normalized spacial score (nSPS) is 14.6. The van der Waals surface area contributed by atoms with E-state index in [4.69, 9.17) is 16.3 Å². The van der Waals surface area contributed by atoms with Crippen molar-refractivity contribution in [1.29, 1.82) is 0 Å². The van der Waals surface area contributed by atoms with E-state index in [1.54, 1.807) is 12.1 Å². The lowest BCUT2D eigenvalue weighted by Crippen LogP contribution is -2.33. The lowest BCUT2D eigenvalue weighted by atomic mass is 10.1. The molecule has 2 rings (SSSR count). The molecule has 1 amide bonds. The summed E-state index contributed by atoms with van der Waals surface area (Å²) in [4.78, 5) is 13.5. The van der Waals surface area contributed by atoms with Crippen molar-refractivity contribution < 1.29 is 14.6 Å². The van der Waals surface area contributed by atoms with Gasteiger partial charge in [0.2, 0.25) is 0 Å². The number of carbonyl (C=O) groups excluding carboxylic acids is 1. The van der Waals surface area contributed by atoms with Gasteiger partial charge in [0.1, 0.15) is 11.4 Å². The Morgan fingerprint density at radius 3 is 2.50 bits per heavy atom. The topological polar surface area (TPSA) is 49.8 Å². The number of nitrogens with zero attached hydrogens (tertiary/aromatic N) is 1. The van der Waals surface area contributed by atoms with Crippen LogP contribution < -0.4 is 0 Å². The number of benzene rings is 1. The molecule has 18 heavy (non-hydrogen) atoms. The SMILES string of the molecule is CC(C)(C)OC(=O)N1Cc2c(O)ccc(Cl)c2C1. The van der Waals surface area contributed by atoms with Crippen LogP contribution in [0.4, 0.5) is 4.79 Å². The second-order valence-electron chi connectivity index (χ2n) is 5.36. The Morgan fingerprint density at radius 1 is 1.33 bits per heavy atom. The Hall–Kier alpha value is -1.42. The zero-order valence-corrected chi connectivity index (χ0v) is 11.4. The summed E-state index contributed by atoms with van der Waals surface area (Å²) in [5.41, 5.74) is 0.966. The first kappa shape index (κ1) is 13.0. The van der Waals surface area contributed by atoms with Crippen LogP contribution in [0.25, 0.3) is 0 Å². The molecule has 1 aliphatic heterocycles. The fraction of sp³-hybridized carbons (Fsp3) is 0.462. The molecule has 0 aromatic heterocycles. The predicted molar refractivity (Wildman–Crippen MR) is 68.6 cm³/mol. The van der Waals surface area contributed by atoms with Crippen molar-refractivity contribution in [3.63, 3.8) is 0 Å². The molecule has 1 aromatic carbocycles. The van der Waals surface area contributed by atoms with Gasteiger partial charge in [-0.05, 0) is 38.5 Å². The van der Waals surface area contributed by atoms with E-state index in [9.17, 15) is 9.90 Å². The molecular formula is C13H16ClNO3. The molecule has 0 saturated heterocycles. The van der Waals surface area contributed by atoms with E-state index in [2.05, 4.69) is 0 Å². The first-order valence-electron chi connectivity index (χ1n) is 5.75. The van der Waals surface area contributed by atoms with Crippen LogP contribution in [0.2, 0.25) is 5.02 Å². The van der Waals surface area contributed by atoms with E-state index < -0.39 is 11.7 Å². The predicted octanol–water partition coefficient (Wildman–Crippen LogP) is 3.30. The first-order valence-corrected chi connectivity index (χ1v) is 6.13. The average Bonchev–Trinajstić information content (AvgIpc) is 2.67. The van der Waals surface area contributed by atoms with Gasteiger partial charge in [-0.15, -0.1) is 0 Å². The quantitative estimate of drug-likeness (QED) is 0.786. The Labute approximate surface area is 111 Å². The molecule has 0 saturated carbocycles. The Balaban J connectivity index is 2.18. The number of hydrogen-bond acceptors (Lipinski definition) is 3. The number of phenols is 1. The van der Waals surface area contributed by atoms with Crippen molar-refractivity contribution in [2.75, 3.05) is 0 Å². The van der Waals surface area contributed by atoms with E-state index in [0.717, 1.165) is 5.56 Å². The zero-order chi connectivity index (χ0) is 13.5. The molecule has 0 unspecified atom stereocenters. The second-order valence-corrected chi connectivity index (χ2v) is 5.77. The molecule has 1 aromatic rings. The molecule has 5 heteroatoms. The summed E-state index contributed by atoms with van der Waals surface area (Å²) in [5.74, 6) is 0.167. The van der Waals surface area contributed by atoms with Gasteiger partial charge in [0.05, 0.1) is 13.1 Å². The summed E-state index contributed by atoms with van der Waals surface area (Å²) >= 11 is 6.05. The van der Waals surface area contributed by atoms with Gasteiger partial charge in [0, 0.05) is 10.6 Å². The van der Waals surface area contributed by atoms with Gasteiger partial charge in [-0.25, -0.2) is 4.79 Å². The minimum Gasteiger partial charge on any atom is -0.508 e. The molecule has 98 valence electrons. The van der Waals surface area contributed by atoms with Crippen LogP contribution >= 0.6 is 11.6 Å². The number of rotatable bonds is 0. The Kier molecular flexibility index (Phi) is 3.15. The molecule has 0 bridgehead atoms. The highest BCUT2D eigenvalue weighted by Crippen LogP contribution is 2.35. The number of aromatic hydroxyl groups is 1. The smallest absolute Gasteiger partial charge is 0.410 e. The van der Waals surface area contributed by atoms with E-state index in [1.165, 1.54) is 4.90 Å². The summed E-state index contributed by atoms with van der Waals surface area (Å²) in [6.45, 7) is 6.16. The van der Waals surface area contributed by atoms with Crippen LogP contribution in [0, 0.1) is 0 Å². The molecule has 4 nitrogen and oxygen atoms in total. The monoisotopic (exact) mass is 269 g/mol. The summed E-state index contributed by atoms with van der Waals surface area (Å²) < 4.78 is 5.29. The summed E-state index contributed by atoms with van der Waals surface area (Å²) in [5, 5.41) is 10.3. The second kappa shape index (κ2) is 4.35. The van der Waals surface area contributed by atoms with Gasteiger partial charge in [-0.2, -0.15) is 0 Å². The van der Waals surface area contributed by atoms with Crippen molar-refractivity contribution in [2.45, 2.75) is 39.5 Å². The largest absolute Gasteiger partial charge is 0.508 e. The summed E-state index contributed by atoms with van der Waals surface area (Å²) in [7, 11) is 0. The molecule has 0 spiro atoms. The van der Waals surface area contributed by atoms with Crippen molar-refractivity contribution in [2.24, 2.45) is 0 Å². The third-order valence-corrected chi connectivity index (χ3v) is 3.05. The molecule has 0 atom stereocenters. The minimum absolute atomic E-state index is 0.167. The van der Waals surface area contributed by atoms with Gasteiger partial charge in [0.25, 0.3) is 0 Å². The van der Waals surface area contributed by atoms with Crippen LogP contribution in [0.1, 0.15) is 31.9 Å². The summed E-state index contributed by atoms with van der Waals surface area (Å²) in [6.07, 6.45) is -0.394. The maximum absolute atomic E-state index is 11.9. The number of amides is 1. The number of phenolic OH excluding ortho intramolecular Hbond substituents is 1. The van der Waals surface area contributed by atoms with Crippen LogP contribution in [-0.2, 0) is 17.8 Å². The highest BCUT2D eigenvalue weighted by atomic mass is 35.5. The van der Waals surface area contributed by atoms with Gasteiger partial charge in [-0.1, -0.05) is 11.6 Å². The minimum atomic E-state index is -0.530. The number of hydrogen-bond donors (Lipinski definition) is 1. The fourth-order valence-electron chi connectivity index (χ4n) is 1.89. The van der Waals surface area contributed by atoms with E-state index in [1.807, 2.05) is 20.8 Å². The fourth-order valence-corrected chi connectivity index (χ4v) is 2.13. The lowest BCUT2D eigenvalue weighted by Gasteiger charge is -2.24. The van der Waals surface area contributed by atoms with Gasteiger partial charge < -0.3 is 9.84 Å². The standard InChI is InChI=1S/C13H16ClNO3/c1-13(2,3)18-12(17)15-6-8-9(7-15)11(16)5-4-10(8)14/h4-5,16H,6-7H2,1-3H3. The van der Waals surface area contributed by atoms with Crippen LogP contribution in [0.15, 0.2) is 12.1 Å². The van der Waals surface area contributed by atoms with E-state index >= 15 is 0 Å². The number of ether oxygens (including phenoxy) is 1. The average molecular weight is 270 g/mol. The van der Waals surface area contributed by atoms with Crippen LogP contribution in [-0.4, -0.2) is 21.7 Å². The molecule has 0 aliphatic carbocycles. The van der Waals surface area contributed by atoms with Crippen molar-refractivity contribution in [1.82, 2.24) is 4.90 Å². The van der Waals surface area contributed by atoms with Gasteiger partial charge >= 0.3 is 6.09 Å². The highest BCUT2D eigenvalue weighted by molar-refractivity contribution is 6.31. The molecule has 1 N–H and O–H groups in total. The third-order valence-electron chi connectivity index (χ3n) is 2.70. The number of carbonyl (C=O) groups is 1. The molecule has 0 radical (unpaired) electrons. The number of halogens is 1. The van der Waals surface area contributed by atoms with Crippen molar-refractivity contribution in [3.8, 4) is 5.75 Å². The molecule has 1 heterocycles. The van der Waals surface area contributed by atoms with Gasteiger partial charge in [-0.3, -0.25) is 4.90 Å². The Morgan fingerprint density at radius 2 is 1.94 bits per heavy atom. The van der Waals surface area contributed by atoms with Gasteiger partial charge in [0.15, 0.2) is 0 Å². The van der Waals surface area contributed by atoms with E-state index in [-0.39, 0.29) is 5.75 Å².